The Hall–Kier alpha value is -2.05. The Kier molecular flexibility index (Phi) is 4.08. The number of nitrogen functional groups attached to an aromatic ring is 1. The molecule has 17 heavy (non-hydrogen) atoms. The quantitative estimate of drug-likeness (QED) is 0.645. The number of hydrogen-bond acceptors (Lipinski definition) is 5. The zero-order valence-electron chi connectivity index (χ0n) is 10.2. The van der Waals surface area contributed by atoms with Gasteiger partial charge in [0.2, 0.25) is 5.91 Å². The zero-order chi connectivity index (χ0) is 13.0. The van der Waals surface area contributed by atoms with E-state index in [1.807, 2.05) is 13.8 Å². The van der Waals surface area contributed by atoms with Gasteiger partial charge in [-0.25, -0.2) is 4.98 Å². The van der Waals surface area contributed by atoms with Gasteiger partial charge in [-0.2, -0.15) is 0 Å². The van der Waals surface area contributed by atoms with Crippen LogP contribution < -0.4 is 21.5 Å². The summed E-state index contributed by atoms with van der Waals surface area (Å²) < 4.78 is 0. The van der Waals surface area contributed by atoms with E-state index in [4.69, 9.17) is 5.73 Å². The monoisotopic (exact) mass is 239 g/mol. The lowest BCUT2D eigenvalue weighted by Crippen LogP contribution is -2.39. The number of anilines is 2. The lowest BCUT2D eigenvalue weighted by atomic mass is 10.3. The number of amides is 1. The lowest BCUT2D eigenvalue weighted by Gasteiger charge is -2.19. The average Bonchev–Trinajstić information content (AvgIpc) is 2.20. The van der Waals surface area contributed by atoms with Gasteiger partial charge in [0, 0.05) is 13.1 Å². The molecule has 7 heteroatoms. The highest BCUT2D eigenvalue weighted by Crippen LogP contribution is 2.12. The van der Waals surface area contributed by atoms with Gasteiger partial charge < -0.3 is 20.9 Å². The van der Waals surface area contributed by atoms with Gasteiger partial charge in [0.25, 0.3) is 5.56 Å². The minimum Gasteiger partial charge on any atom is -0.391 e. The fourth-order valence-corrected chi connectivity index (χ4v) is 1.36. The Bertz CT molecular complexity index is 454. The van der Waals surface area contributed by atoms with Crippen LogP contribution >= 0.6 is 0 Å². The van der Waals surface area contributed by atoms with Crippen LogP contribution in [0.2, 0.25) is 0 Å². The maximum Gasteiger partial charge on any atom is 0.276 e. The molecular weight excluding hydrogens is 222 g/mol. The first-order valence-electron chi connectivity index (χ1n) is 5.25. The molecule has 4 N–H and O–H groups in total. The molecule has 0 bridgehead atoms. The topological polar surface area (TPSA) is 104 Å². The molecule has 1 aromatic heterocycles. The summed E-state index contributed by atoms with van der Waals surface area (Å²) >= 11 is 0. The molecule has 0 atom stereocenters. The molecule has 1 amide bonds. The molecule has 0 fully saturated rings. The van der Waals surface area contributed by atoms with E-state index in [-0.39, 0.29) is 24.2 Å². The van der Waals surface area contributed by atoms with Gasteiger partial charge in [0.1, 0.15) is 5.69 Å². The largest absolute Gasteiger partial charge is 0.391 e. The molecule has 0 aromatic carbocycles. The first-order valence-corrected chi connectivity index (χ1v) is 5.25. The van der Waals surface area contributed by atoms with Gasteiger partial charge in [0.15, 0.2) is 5.82 Å². The third-order valence-electron chi connectivity index (χ3n) is 2.06. The van der Waals surface area contributed by atoms with E-state index in [1.165, 1.54) is 11.2 Å². The number of rotatable bonds is 4. The Morgan fingerprint density at radius 3 is 2.88 bits per heavy atom. The Morgan fingerprint density at radius 2 is 2.29 bits per heavy atom. The van der Waals surface area contributed by atoms with Crippen LogP contribution in [-0.2, 0) is 4.79 Å². The SMILES string of the molecule is CC(C)NC(=O)CN(C)c1nc[nH]c(=O)c1N. The number of carbonyl (C=O) groups excluding carboxylic acids is 1. The van der Waals surface area contributed by atoms with Crippen LogP contribution in [0.1, 0.15) is 13.8 Å². The van der Waals surface area contributed by atoms with Crippen molar-refractivity contribution >= 4 is 17.4 Å². The van der Waals surface area contributed by atoms with E-state index in [0.717, 1.165) is 0 Å². The fraction of sp³-hybridized carbons (Fsp3) is 0.500. The number of nitrogens with two attached hydrogens (primary N) is 1. The number of H-pyrrole nitrogens is 1. The van der Waals surface area contributed by atoms with Crippen LogP contribution in [0.15, 0.2) is 11.1 Å². The molecule has 0 radical (unpaired) electrons. The number of nitrogens with one attached hydrogen (secondary N) is 2. The minimum absolute atomic E-state index is 0.00680. The second-order valence-electron chi connectivity index (χ2n) is 4.05. The third-order valence-corrected chi connectivity index (χ3v) is 2.06. The van der Waals surface area contributed by atoms with Gasteiger partial charge >= 0.3 is 0 Å². The Balaban J connectivity index is 2.77. The van der Waals surface area contributed by atoms with Crippen LogP contribution in [0.3, 0.4) is 0 Å². The van der Waals surface area contributed by atoms with Crippen LogP contribution in [-0.4, -0.2) is 35.5 Å². The van der Waals surface area contributed by atoms with Crippen molar-refractivity contribution in [2.24, 2.45) is 0 Å². The summed E-state index contributed by atoms with van der Waals surface area (Å²) in [7, 11) is 1.65. The normalized spacial score (nSPS) is 10.4. The standard InChI is InChI=1S/C10H17N5O2/c1-6(2)14-7(16)4-15(3)9-8(11)10(17)13-5-12-9/h5-6H,4,11H2,1-3H3,(H,14,16)(H,12,13,17). The van der Waals surface area contributed by atoms with E-state index in [1.54, 1.807) is 7.05 Å². The number of likely N-dealkylation sites (N-methyl/N-ethyl adjacent to an activating group) is 1. The molecule has 1 rings (SSSR count). The fourth-order valence-electron chi connectivity index (χ4n) is 1.36. The van der Waals surface area contributed by atoms with Gasteiger partial charge in [-0.05, 0) is 13.8 Å². The summed E-state index contributed by atoms with van der Waals surface area (Å²) in [5.74, 6) is 0.150. The lowest BCUT2D eigenvalue weighted by molar-refractivity contribution is -0.120. The number of aromatic amines is 1. The molecule has 0 aliphatic rings. The first-order chi connectivity index (χ1) is 7.91. The summed E-state index contributed by atoms with van der Waals surface area (Å²) in [6.07, 6.45) is 1.25. The first kappa shape index (κ1) is 13.0. The van der Waals surface area contributed by atoms with Crippen molar-refractivity contribution in [3.05, 3.63) is 16.7 Å². The summed E-state index contributed by atoms with van der Waals surface area (Å²) in [5.41, 5.74) is 5.18. The molecule has 94 valence electrons. The predicted molar refractivity (Wildman–Crippen MR) is 65.8 cm³/mol. The smallest absolute Gasteiger partial charge is 0.276 e. The molecule has 7 nitrogen and oxygen atoms in total. The molecule has 0 spiro atoms. The maximum absolute atomic E-state index is 11.5. The molecule has 0 aliphatic heterocycles. The van der Waals surface area contributed by atoms with E-state index in [9.17, 15) is 9.59 Å². The van der Waals surface area contributed by atoms with Crippen molar-refractivity contribution in [2.75, 3.05) is 24.2 Å². The second-order valence-corrected chi connectivity index (χ2v) is 4.05. The molecule has 1 aromatic rings. The molecule has 1 heterocycles. The highest BCUT2D eigenvalue weighted by atomic mass is 16.2. The number of carbonyl (C=O) groups is 1. The van der Waals surface area contributed by atoms with Crippen molar-refractivity contribution in [2.45, 2.75) is 19.9 Å². The predicted octanol–water partition coefficient (Wildman–Crippen LogP) is -0.687. The van der Waals surface area contributed by atoms with Crippen LogP contribution in [0.5, 0.6) is 0 Å². The number of hydrogen-bond donors (Lipinski definition) is 3. The van der Waals surface area contributed by atoms with E-state index in [0.29, 0.717) is 5.82 Å². The van der Waals surface area contributed by atoms with Crippen molar-refractivity contribution in [1.29, 1.82) is 0 Å². The van der Waals surface area contributed by atoms with Gasteiger partial charge in [-0.1, -0.05) is 0 Å². The van der Waals surface area contributed by atoms with Crippen LogP contribution in [0.4, 0.5) is 11.5 Å². The minimum atomic E-state index is -0.411. The Morgan fingerprint density at radius 1 is 1.65 bits per heavy atom. The third kappa shape index (κ3) is 3.47. The molecule has 0 saturated heterocycles. The summed E-state index contributed by atoms with van der Waals surface area (Å²) in [5, 5.41) is 2.74. The maximum atomic E-state index is 11.5. The second kappa shape index (κ2) is 5.33. The van der Waals surface area contributed by atoms with Crippen molar-refractivity contribution in [3.8, 4) is 0 Å². The number of nitrogens with zero attached hydrogens (tertiary/aromatic N) is 2. The van der Waals surface area contributed by atoms with Crippen molar-refractivity contribution in [3.63, 3.8) is 0 Å². The summed E-state index contributed by atoms with van der Waals surface area (Å²) in [4.78, 5) is 30.6. The van der Waals surface area contributed by atoms with Crippen LogP contribution in [0.25, 0.3) is 0 Å². The van der Waals surface area contributed by atoms with Gasteiger partial charge in [0.05, 0.1) is 12.9 Å². The zero-order valence-corrected chi connectivity index (χ0v) is 10.2. The summed E-state index contributed by atoms with van der Waals surface area (Å²) in [6.45, 7) is 3.84. The molecule has 0 aliphatic carbocycles. The van der Waals surface area contributed by atoms with Crippen molar-refractivity contribution < 1.29 is 4.79 Å². The Labute approximate surface area is 99.0 Å². The highest BCUT2D eigenvalue weighted by molar-refractivity contribution is 5.82. The molecular formula is C10H17N5O2. The van der Waals surface area contributed by atoms with E-state index < -0.39 is 5.56 Å². The highest BCUT2D eigenvalue weighted by Gasteiger charge is 2.13. The average molecular weight is 239 g/mol. The van der Waals surface area contributed by atoms with Gasteiger partial charge in [-0.3, -0.25) is 9.59 Å². The molecule has 0 saturated carbocycles. The van der Waals surface area contributed by atoms with Gasteiger partial charge in [-0.15, -0.1) is 0 Å². The summed E-state index contributed by atoms with van der Waals surface area (Å²) in [6, 6.07) is 0.0698. The number of aromatic nitrogens is 2. The van der Waals surface area contributed by atoms with E-state index >= 15 is 0 Å². The van der Waals surface area contributed by atoms with Crippen molar-refractivity contribution in [1.82, 2.24) is 15.3 Å². The van der Waals surface area contributed by atoms with Crippen LogP contribution in [0, 0.1) is 0 Å². The van der Waals surface area contributed by atoms with E-state index in [2.05, 4.69) is 15.3 Å². The molecule has 0 unspecified atom stereocenters.